The van der Waals surface area contributed by atoms with Crippen molar-refractivity contribution in [1.82, 2.24) is 5.32 Å². The standard InChI is InChI=1S/C15H22N2O2/c1-19-10-11-6-2-5-9-13(11)14(15(16)18)17-12-7-3-4-8-12/h2,5-6,9,12,14,17H,3-4,7-8,10H2,1H3,(H2,16,18). The van der Waals surface area contributed by atoms with Gasteiger partial charge in [0.05, 0.1) is 6.61 Å². The van der Waals surface area contributed by atoms with Crippen LogP contribution in [0.2, 0.25) is 0 Å². The van der Waals surface area contributed by atoms with Gasteiger partial charge in [-0.2, -0.15) is 0 Å². The summed E-state index contributed by atoms with van der Waals surface area (Å²) in [5.74, 6) is -0.324. The Morgan fingerprint density at radius 2 is 2.11 bits per heavy atom. The van der Waals surface area contributed by atoms with Gasteiger partial charge in [0.2, 0.25) is 5.91 Å². The molecule has 104 valence electrons. The fourth-order valence-electron chi connectivity index (χ4n) is 2.76. The molecule has 0 bridgehead atoms. The quantitative estimate of drug-likeness (QED) is 0.823. The Kier molecular flexibility index (Phi) is 4.93. The van der Waals surface area contributed by atoms with Crippen LogP contribution in [0, 0.1) is 0 Å². The molecule has 4 heteroatoms. The predicted molar refractivity (Wildman–Crippen MR) is 74.5 cm³/mol. The Bertz CT molecular complexity index is 428. The maximum Gasteiger partial charge on any atom is 0.239 e. The van der Waals surface area contributed by atoms with Gasteiger partial charge in [-0.15, -0.1) is 0 Å². The average Bonchev–Trinajstić information content (AvgIpc) is 2.90. The third-order valence-electron chi connectivity index (χ3n) is 3.71. The van der Waals surface area contributed by atoms with Crippen molar-refractivity contribution in [2.75, 3.05) is 7.11 Å². The minimum Gasteiger partial charge on any atom is -0.380 e. The first-order chi connectivity index (χ1) is 9.22. The van der Waals surface area contributed by atoms with Crippen molar-refractivity contribution in [3.05, 3.63) is 35.4 Å². The highest BCUT2D eigenvalue weighted by Gasteiger charge is 2.25. The number of amides is 1. The lowest BCUT2D eigenvalue weighted by atomic mass is 9.99. The topological polar surface area (TPSA) is 64.3 Å². The minimum atomic E-state index is -0.422. The number of rotatable bonds is 6. The van der Waals surface area contributed by atoms with Crippen LogP contribution in [0.1, 0.15) is 42.9 Å². The summed E-state index contributed by atoms with van der Waals surface area (Å²) in [6.07, 6.45) is 4.69. The van der Waals surface area contributed by atoms with Gasteiger partial charge in [0.25, 0.3) is 0 Å². The van der Waals surface area contributed by atoms with Crippen molar-refractivity contribution >= 4 is 5.91 Å². The predicted octanol–water partition coefficient (Wildman–Crippen LogP) is 1.89. The van der Waals surface area contributed by atoms with Crippen molar-refractivity contribution in [2.45, 2.75) is 44.4 Å². The number of primary amides is 1. The average molecular weight is 262 g/mol. The van der Waals surface area contributed by atoms with Crippen LogP contribution in [0.15, 0.2) is 24.3 Å². The van der Waals surface area contributed by atoms with E-state index in [0.717, 1.165) is 24.0 Å². The summed E-state index contributed by atoms with van der Waals surface area (Å²) in [4.78, 5) is 11.8. The normalized spacial score (nSPS) is 17.5. The van der Waals surface area contributed by atoms with E-state index in [0.29, 0.717) is 12.6 Å². The van der Waals surface area contributed by atoms with E-state index in [9.17, 15) is 4.79 Å². The molecule has 0 saturated heterocycles. The summed E-state index contributed by atoms with van der Waals surface area (Å²) in [6.45, 7) is 0.492. The molecule has 1 aliphatic rings. The second kappa shape index (κ2) is 6.68. The third-order valence-corrected chi connectivity index (χ3v) is 3.71. The van der Waals surface area contributed by atoms with E-state index in [1.807, 2.05) is 24.3 Å². The summed E-state index contributed by atoms with van der Waals surface area (Å²) in [5, 5.41) is 3.40. The fraction of sp³-hybridized carbons (Fsp3) is 0.533. The number of benzene rings is 1. The van der Waals surface area contributed by atoms with Gasteiger partial charge in [-0.1, -0.05) is 37.1 Å². The van der Waals surface area contributed by atoms with Gasteiger partial charge < -0.3 is 10.5 Å². The molecule has 1 saturated carbocycles. The molecule has 1 aliphatic carbocycles. The highest BCUT2D eigenvalue weighted by atomic mass is 16.5. The van der Waals surface area contributed by atoms with Crippen molar-refractivity contribution in [1.29, 1.82) is 0 Å². The third kappa shape index (κ3) is 3.55. The monoisotopic (exact) mass is 262 g/mol. The van der Waals surface area contributed by atoms with E-state index < -0.39 is 6.04 Å². The lowest BCUT2D eigenvalue weighted by molar-refractivity contribution is -0.120. The number of nitrogens with one attached hydrogen (secondary N) is 1. The highest BCUT2D eigenvalue weighted by Crippen LogP contribution is 2.24. The number of hydrogen-bond donors (Lipinski definition) is 2. The zero-order valence-corrected chi connectivity index (χ0v) is 11.4. The van der Waals surface area contributed by atoms with Gasteiger partial charge in [0, 0.05) is 13.2 Å². The SMILES string of the molecule is COCc1ccccc1C(NC1CCCC1)C(N)=O. The summed E-state index contributed by atoms with van der Waals surface area (Å²) in [7, 11) is 1.65. The molecular weight excluding hydrogens is 240 g/mol. The number of carbonyl (C=O) groups is 1. The van der Waals surface area contributed by atoms with Gasteiger partial charge in [-0.25, -0.2) is 0 Å². The molecular formula is C15H22N2O2. The lowest BCUT2D eigenvalue weighted by Gasteiger charge is -2.22. The maximum atomic E-state index is 11.8. The molecule has 1 unspecified atom stereocenters. The first-order valence-corrected chi connectivity index (χ1v) is 6.84. The second-order valence-electron chi connectivity index (χ2n) is 5.12. The molecule has 1 aromatic carbocycles. The zero-order chi connectivity index (χ0) is 13.7. The Labute approximate surface area is 114 Å². The number of hydrogen-bond acceptors (Lipinski definition) is 3. The van der Waals surface area contributed by atoms with E-state index >= 15 is 0 Å². The number of carbonyl (C=O) groups excluding carboxylic acids is 1. The van der Waals surface area contributed by atoms with Crippen LogP contribution in [-0.4, -0.2) is 19.1 Å². The van der Waals surface area contributed by atoms with Crippen LogP contribution in [0.3, 0.4) is 0 Å². The molecule has 2 rings (SSSR count). The number of nitrogens with two attached hydrogens (primary N) is 1. The maximum absolute atomic E-state index is 11.8. The van der Waals surface area contributed by atoms with E-state index in [1.54, 1.807) is 7.11 Å². The Morgan fingerprint density at radius 3 is 2.74 bits per heavy atom. The summed E-state index contributed by atoms with van der Waals surface area (Å²) in [5.41, 5.74) is 7.52. The van der Waals surface area contributed by atoms with Crippen LogP contribution >= 0.6 is 0 Å². The molecule has 0 aliphatic heterocycles. The van der Waals surface area contributed by atoms with Crippen molar-refractivity contribution in [3.63, 3.8) is 0 Å². The Balaban J connectivity index is 2.20. The largest absolute Gasteiger partial charge is 0.380 e. The molecule has 1 aromatic rings. The molecule has 0 heterocycles. The van der Waals surface area contributed by atoms with Gasteiger partial charge >= 0.3 is 0 Å². The van der Waals surface area contributed by atoms with E-state index in [-0.39, 0.29) is 5.91 Å². The molecule has 0 radical (unpaired) electrons. The first kappa shape index (κ1) is 14.0. The highest BCUT2D eigenvalue weighted by molar-refractivity contribution is 5.82. The van der Waals surface area contributed by atoms with Gasteiger partial charge in [-0.05, 0) is 24.0 Å². The van der Waals surface area contributed by atoms with Crippen LogP contribution in [0.25, 0.3) is 0 Å². The Morgan fingerprint density at radius 1 is 1.42 bits per heavy atom. The molecule has 1 fully saturated rings. The second-order valence-corrected chi connectivity index (χ2v) is 5.12. The smallest absolute Gasteiger partial charge is 0.239 e. The van der Waals surface area contributed by atoms with Crippen molar-refractivity contribution in [2.24, 2.45) is 5.73 Å². The number of ether oxygens (including phenoxy) is 1. The molecule has 4 nitrogen and oxygen atoms in total. The summed E-state index contributed by atoms with van der Waals surface area (Å²) < 4.78 is 5.19. The van der Waals surface area contributed by atoms with Gasteiger partial charge in [-0.3, -0.25) is 10.1 Å². The molecule has 19 heavy (non-hydrogen) atoms. The molecule has 1 amide bonds. The first-order valence-electron chi connectivity index (χ1n) is 6.84. The van der Waals surface area contributed by atoms with E-state index in [2.05, 4.69) is 5.32 Å². The van der Waals surface area contributed by atoms with E-state index in [1.165, 1.54) is 12.8 Å². The molecule has 1 atom stereocenters. The van der Waals surface area contributed by atoms with E-state index in [4.69, 9.17) is 10.5 Å². The van der Waals surface area contributed by atoms with Crippen LogP contribution in [0.5, 0.6) is 0 Å². The van der Waals surface area contributed by atoms with Gasteiger partial charge in [0.15, 0.2) is 0 Å². The summed E-state index contributed by atoms with van der Waals surface area (Å²) in [6, 6.07) is 7.78. The Hall–Kier alpha value is -1.39. The minimum absolute atomic E-state index is 0.324. The lowest BCUT2D eigenvalue weighted by Crippen LogP contribution is -2.39. The van der Waals surface area contributed by atoms with Crippen LogP contribution in [-0.2, 0) is 16.1 Å². The zero-order valence-electron chi connectivity index (χ0n) is 11.4. The van der Waals surface area contributed by atoms with Crippen molar-refractivity contribution in [3.8, 4) is 0 Å². The molecule has 3 N–H and O–H groups in total. The fourth-order valence-corrected chi connectivity index (χ4v) is 2.76. The summed E-state index contributed by atoms with van der Waals surface area (Å²) >= 11 is 0. The molecule has 0 aromatic heterocycles. The number of methoxy groups -OCH3 is 1. The molecule has 0 spiro atoms. The van der Waals surface area contributed by atoms with Gasteiger partial charge in [0.1, 0.15) is 6.04 Å². The van der Waals surface area contributed by atoms with Crippen molar-refractivity contribution < 1.29 is 9.53 Å². The van der Waals surface area contributed by atoms with Crippen LogP contribution < -0.4 is 11.1 Å². The van der Waals surface area contributed by atoms with Crippen LogP contribution in [0.4, 0.5) is 0 Å².